The number of phenolic OH excluding ortho intramolecular Hbond substituents is 2. The van der Waals surface area contributed by atoms with Crippen molar-refractivity contribution in [1.82, 2.24) is 0 Å². The number of phenols is 2. The zero-order valence-electron chi connectivity index (χ0n) is 14.2. The normalized spacial score (nSPS) is 11.9. The second kappa shape index (κ2) is 7.27. The molecular weight excluding hydrogens is 420 g/mol. The minimum absolute atomic E-state index is 0.570. The first-order valence-corrected chi connectivity index (χ1v) is 9.92. The monoisotopic (exact) mass is 432 g/mol. The van der Waals surface area contributed by atoms with Gasteiger partial charge in [-0.2, -0.15) is 0 Å². The van der Waals surface area contributed by atoms with E-state index in [-0.39, 0.29) is 0 Å². The Morgan fingerprint density at radius 2 is 1.11 bits per heavy atom. The van der Waals surface area contributed by atoms with Crippen LogP contribution in [0.1, 0.15) is 15.9 Å². The van der Waals surface area contributed by atoms with E-state index in [1.165, 1.54) is 0 Å². The molecule has 0 atom stereocenters. The molecule has 0 aliphatic heterocycles. The third-order valence-electron chi connectivity index (χ3n) is 3.63. The van der Waals surface area contributed by atoms with Gasteiger partial charge in [-0.05, 0) is 24.3 Å². The second-order valence-corrected chi connectivity index (χ2v) is 7.92. The molecule has 0 heterocycles. The summed E-state index contributed by atoms with van der Waals surface area (Å²) in [6.45, 7) is 0. The van der Waals surface area contributed by atoms with Crippen molar-refractivity contribution >= 4 is 26.0 Å². The van der Waals surface area contributed by atoms with E-state index in [2.05, 4.69) is 9.47 Å². The molecule has 0 aliphatic carbocycles. The van der Waals surface area contributed by atoms with Crippen LogP contribution < -0.4 is 9.47 Å². The van der Waals surface area contributed by atoms with Gasteiger partial charge in [0.1, 0.15) is 30.0 Å². The molecule has 11 nitrogen and oxygen atoms in total. The number of aromatic hydroxyl groups is 2. The lowest BCUT2D eigenvalue weighted by molar-refractivity contribution is 0.103. The number of hydrogen-bond donors (Lipinski definition) is 2. The maximum atomic E-state index is 12.7. The van der Waals surface area contributed by atoms with Gasteiger partial charge in [0, 0.05) is 0 Å². The SMILES string of the molecule is COc1c(S(=O)(=O)[O-])ccc(C(=O)c2ccc(S(=O)(=O)[O-])c(OC)c2O)c1O. The lowest BCUT2D eigenvalue weighted by atomic mass is 10.0. The van der Waals surface area contributed by atoms with Crippen LogP contribution >= 0.6 is 0 Å². The van der Waals surface area contributed by atoms with E-state index in [1.807, 2.05) is 0 Å². The average molecular weight is 432 g/mol. The fourth-order valence-corrected chi connectivity index (χ4v) is 3.69. The molecular formula is C15H12O11S2-2. The minimum Gasteiger partial charge on any atom is -0.744 e. The number of carbonyl (C=O) groups is 1. The molecule has 0 fully saturated rings. The predicted molar refractivity (Wildman–Crippen MR) is 88.7 cm³/mol. The Labute approximate surface area is 159 Å². The molecule has 2 rings (SSSR count). The molecule has 152 valence electrons. The number of ether oxygens (including phenoxy) is 2. The lowest BCUT2D eigenvalue weighted by Gasteiger charge is -2.17. The molecule has 13 heteroatoms. The van der Waals surface area contributed by atoms with Crippen LogP contribution in [0.5, 0.6) is 23.0 Å². The molecule has 28 heavy (non-hydrogen) atoms. The fraction of sp³-hybridized carbons (Fsp3) is 0.133. The third-order valence-corrected chi connectivity index (χ3v) is 5.35. The largest absolute Gasteiger partial charge is 0.744 e. The van der Waals surface area contributed by atoms with Gasteiger partial charge >= 0.3 is 0 Å². The number of ketones is 1. The van der Waals surface area contributed by atoms with Gasteiger partial charge in [0.2, 0.25) is 5.78 Å². The summed E-state index contributed by atoms with van der Waals surface area (Å²) in [5.41, 5.74) is -1.14. The zero-order valence-corrected chi connectivity index (χ0v) is 15.8. The van der Waals surface area contributed by atoms with E-state index in [9.17, 15) is 40.9 Å². The molecule has 0 spiro atoms. The van der Waals surface area contributed by atoms with Crippen LogP contribution in [-0.2, 0) is 20.2 Å². The zero-order chi connectivity index (χ0) is 21.4. The topological polar surface area (TPSA) is 190 Å². The van der Waals surface area contributed by atoms with Crippen LogP contribution in [0, 0.1) is 0 Å². The first-order valence-electron chi connectivity index (χ1n) is 7.11. The van der Waals surface area contributed by atoms with Gasteiger partial charge in [0.15, 0.2) is 23.0 Å². The number of rotatable bonds is 6. The quantitative estimate of drug-likeness (QED) is 0.466. The minimum atomic E-state index is -5.03. The van der Waals surface area contributed by atoms with Crippen molar-refractivity contribution in [2.24, 2.45) is 0 Å². The number of methoxy groups -OCH3 is 2. The van der Waals surface area contributed by atoms with Crippen LogP contribution in [0.25, 0.3) is 0 Å². The van der Waals surface area contributed by atoms with Crippen molar-refractivity contribution in [3.63, 3.8) is 0 Å². The van der Waals surface area contributed by atoms with Crippen molar-refractivity contribution in [3.05, 3.63) is 35.4 Å². The summed E-state index contributed by atoms with van der Waals surface area (Å²) in [5, 5.41) is 20.3. The molecule has 2 aromatic rings. The summed E-state index contributed by atoms with van der Waals surface area (Å²) in [4.78, 5) is 10.8. The highest BCUT2D eigenvalue weighted by Gasteiger charge is 2.26. The molecule has 2 N–H and O–H groups in total. The van der Waals surface area contributed by atoms with Crippen molar-refractivity contribution in [2.45, 2.75) is 9.79 Å². The molecule has 2 aromatic carbocycles. The Balaban J connectivity index is 2.71. The van der Waals surface area contributed by atoms with Crippen LogP contribution in [0.4, 0.5) is 0 Å². The Morgan fingerprint density at radius 3 is 1.36 bits per heavy atom. The highest BCUT2D eigenvalue weighted by atomic mass is 32.2. The van der Waals surface area contributed by atoms with Gasteiger partial charge in [-0.3, -0.25) is 4.79 Å². The van der Waals surface area contributed by atoms with Crippen molar-refractivity contribution < 1.29 is 50.4 Å². The summed E-state index contributed by atoms with van der Waals surface area (Å²) < 4.78 is 76.6. The molecule has 0 aromatic heterocycles. The molecule has 0 aliphatic rings. The predicted octanol–water partition coefficient (Wildman–Crippen LogP) is 0.154. The van der Waals surface area contributed by atoms with E-state index < -0.39 is 69.9 Å². The first-order chi connectivity index (χ1) is 12.8. The van der Waals surface area contributed by atoms with Crippen LogP contribution in [0.15, 0.2) is 34.1 Å². The Morgan fingerprint density at radius 1 is 0.786 bits per heavy atom. The fourth-order valence-electron chi connectivity index (χ4n) is 2.41. The van der Waals surface area contributed by atoms with Gasteiger partial charge < -0.3 is 28.8 Å². The highest BCUT2D eigenvalue weighted by Crippen LogP contribution is 2.41. The highest BCUT2D eigenvalue weighted by molar-refractivity contribution is 7.86. The molecule has 0 saturated heterocycles. The van der Waals surface area contributed by atoms with Crippen molar-refractivity contribution in [1.29, 1.82) is 0 Å². The molecule has 0 amide bonds. The van der Waals surface area contributed by atoms with Crippen LogP contribution in [-0.4, -0.2) is 56.2 Å². The summed E-state index contributed by atoms with van der Waals surface area (Å²) in [5.74, 6) is -4.67. The Bertz CT molecular complexity index is 1070. The Kier molecular flexibility index (Phi) is 5.57. The summed E-state index contributed by atoms with van der Waals surface area (Å²) in [7, 11) is -8.16. The number of hydrogen-bond acceptors (Lipinski definition) is 11. The van der Waals surface area contributed by atoms with E-state index in [4.69, 9.17) is 0 Å². The average Bonchev–Trinajstić information content (AvgIpc) is 2.58. The van der Waals surface area contributed by atoms with Gasteiger partial charge in [-0.25, -0.2) is 16.8 Å². The Hall–Kier alpha value is -2.87. The van der Waals surface area contributed by atoms with Crippen LogP contribution in [0.3, 0.4) is 0 Å². The standard InChI is InChI=1S/C15H14O11S2/c1-25-14-9(27(19,20)21)5-3-7(12(14)17)11(16)8-4-6-10(28(22,23)24)15(26-2)13(8)18/h3-6,17-18H,1-2H3,(H,19,20,21)(H,22,23,24)/p-2. The van der Waals surface area contributed by atoms with Crippen molar-refractivity contribution in [3.8, 4) is 23.0 Å². The summed E-state index contributed by atoms with van der Waals surface area (Å²) >= 11 is 0. The van der Waals surface area contributed by atoms with Crippen LogP contribution in [0.2, 0.25) is 0 Å². The maximum absolute atomic E-state index is 12.7. The number of carbonyl (C=O) groups excluding carboxylic acids is 1. The molecule has 0 unspecified atom stereocenters. The van der Waals surface area contributed by atoms with E-state index in [0.29, 0.717) is 0 Å². The molecule has 0 radical (unpaired) electrons. The summed E-state index contributed by atoms with van der Waals surface area (Å²) in [6, 6.07) is 3.04. The third kappa shape index (κ3) is 3.73. The van der Waals surface area contributed by atoms with Gasteiger partial charge in [-0.15, -0.1) is 0 Å². The lowest BCUT2D eigenvalue weighted by Crippen LogP contribution is -2.09. The smallest absolute Gasteiger partial charge is 0.200 e. The van der Waals surface area contributed by atoms with Gasteiger partial charge in [-0.1, -0.05) is 0 Å². The number of benzene rings is 2. The molecule has 0 saturated carbocycles. The van der Waals surface area contributed by atoms with E-state index >= 15 is 0 Å². The van der Waals surface area contributed by atoms with E-state index in [1.54, 1.807) is 0 Å². The van der Waals surface area contributed by atoms with Crippen molar-refractivity contribution in [2.75, 3.05) is 14.2 Å². The molecule has 0 bridgehead atoms. The summed E-state index contributed by atoms with van der Waals surface area (Å²) in [6.07, 6.45) is 0. The van der Waals surface area contributed by atoms with Gasteiger partial charge in [0.05, 0.1) is 25.3 Å². The maximum Gasteiger partial charge on any atom is 0.200 e. The second-order valence-electron chi connectivity index (χ2n) is 5.22. The first kappa shape index (κ1) is 21.4. The van der Waals surface area contributed by atoms with E-state index in [0.717, 1.165) is 38.5 Å². The van der Waals surface area contributed by atoms with Gasteiger partial charge in [0.25, 0.3) is 0 Å².